The van der Waals surface area contributed by atoms with Crippen molar-refractivity contribution in [3.63, 3.8) is 0 Å². The van der Waals surface area contributed by atoms with Crippen LogP contribution in [0.4, 0.5) is 0 Å². The number of aromatic amines is 1. The lowest BCUT2D eigenvalue weighted by Gasteiger charge is -2.05. The molecule has 0 fully saturated rings. The van der Waals surface area contributed by atoms with Crippen molar-refractivity contribution in [2.75, 3.05) is 0 Å². The van der Waals surface area contributed by atoms with Crippen LogP contribution in [0.1, 0.15) is 21.8 Å². The second-order valence-corrected chi connectivity index (χ2v) is 8.76. The highest BCUT2D eigenvalue weighted by atomic mass is 32.1. The highest BCUT2D eigenvalue weighted by Crippen LogP contribution is 2.30. The molecular weight excluding hydrogens is 408 g/mol. The number of nitrogens with zero attached hydrogens (tertiary/aromatic N) is 5. The van der Waals surface area contributed by atoms with Crippen molar-refractivity contribution in [3.05, 3.63) is 93.4 Å². The number of rotatable bonds is 4. The van der Waals surface area contributed by atoms with Crippen LogP contribution in [0.2, 0.25) is 0 Å². The summed E-state index contributed by atoms with van der Waals surface area (Å²) in [5.41, 5.74) is 3.90. The van der Waals surface area contributed by atoms with Gasteiger partial charge in [0.05, 0.1) is 29.8 Å². The quantitative estimate of drug-likeness (QED) is 0.463. The van der Waals surface area contributed by atoms with E-state index in [-0.39, 0.29) is 5.56 Å². The second kappa shape index (κ2) is 6.88. The molecule has 6 rings (SSSR count). The predicted octanol–water partition coefficient (Wildman–Crippen LogP) is 3.93. The van der Waals surface area contributed by atoms with Gasteiger partial charge in [0.2, 0.25) is 0 Å². The SMILES string of the molecule is Cc1c2c(=O)n(Cc3ccc4[nH]ncc4c3)ncc2c2sc(Cc3ccccn3)cn12. The number of H-pyrrole nitrogens is 1. The summed E-state index contributed by atoms with van der Waals surface area (Å²) in [5, 5.41) is 14.1. The highest BCUT2D eigenvalue weighted by molar-refractivity contribution is 7.18. The van der Waals surface area contributed by atoms with Gasteiger partial charge in [0.15, 0.2) is 0 Å². The van der Waals surface area contributed by atoms with E-state index >= 15 is 0 Å². The number of fused-ring (bicyclic) bond motifs is 4. The van der Waals surface area contributed by atoms with Gasteiger partial charge >= 0.3 is 0 Å². The fourth-order valence-corrected chi connectivity index (χ4v) is 5.28. The van der Waals surface area contributed by atoms with Crippen molar-refractivity contribution in [1.29, 1.82) is 0 Å². The van der Waals surface area contributed by atoms with Gasteiger partial charge in [-0.05, 0) is 36.8 Å². The Hall–Kier alpha value is -3.78. The Morgan fingerprint density at radius 3 is 2.97 bits per heavy atom. The summed E-state index contributed by atoms with van der Waals surface area (Å²) < 4.78 is 3.65. The monoisotopic (exact) mass is 426 g/mol. The molecule has 0 spiro atoms. The van der Waals surface area contributed by atoms with Gasteiger partial charge in [0.25, 0.3) is 5.56 Å². The summed E-state index contributed by atoms with van der Waals surface area (Å²) in [4.78, 5) is 20.0. The number of hydrogen-bond acceptors (Lipinski definition) is 5. The first kappa shape index (κ1) is 18.0. The van der Waals surface area contributed by atoms with Crippen molar-refractivity contribution < 1.29 is 0 Å². The van der Waals surface area contributed by atoms with Crippen LogP contribution in [-0.4, -0.2) is 29.4 Å². The van der Waals surface area contributed by atoms with E-state index in [9.17, 15) is 4.79 Å². The van der Waals surface area contributed by atoms with E-state index in [0.717, 1.165) is 49.9 Å². The molecular formula is C23H18N6OS. The maximum absolute atomic E-state index is 13.3. The zero-order chi connectivity index (χ0) is 20.9. The molecule has 152 valence electrons. The summed E-state index contributed by atoms with van der Waals surface area (Å²) in [6, 6.07) is 12.0. The lowest BCUT2D eigenvalue weighted by Crippen LogP contribution is -2.23. The van der Waals surface area contributed by atoms with E-state index < -0.39 is 0 Å². The summed E-state index contributed by atoms with van der Waals surface area (Å²) in [6.07, 6.45) is 8.30. The van der Waals surface area contributed by atoms with Crippen molar-refractivity contribution in [2.45, 2.75) is 19.9 Å². The van der Waals surface area contributed by atoms with Gasteiger partial charge in [0, 0.05) is 45.9 Å². The lowest BCUT2D eigenvalue weighted by atomic mass is 10.1. The maximum atomic E-state index is 13.3. The summed E-state index contributed by atoms with van der Waals surface area (Å²) >= 11 is 1.69. The van der Waals surface area contributed by atoms with Crippen LogP contribution in [0, 0.1) is 6.92 Å². The number of nitrogens with one attached hydrogen (secondary N) is 1. The van der Waals surface area contributed by atoms with E-state index in [4.69, 9.17) is 0 Å². The van der Waals surface area contributed by atoms with Crippen LogP contribution in [0.25, 0.3) is 26.5 Å². The summed E-state index contributed by atoms with van der Waals surface area (Å²) in [7, 11) is 0. The minimum atomic E-state index is -0.0653. The molecule has 0 aliphatic heterocycles. The van der Waals surface area contributed by atoms with Crippen molar-refractivity contribution in [2.24, 2.45) is 0 Å². The number of aryl methyl sites for hydroxylation is 1. The predicted molar refractivity (Wildman–Crippen MR) is 122 cm³/mol. The molecule has 1 N–H and O–H groups in total. The van der Waals surface area contributed by atoms with E-state index in [1.165, 1.54) is 9.56 Å². The lowest BCUT2D eigenvalue weighted by molar-refractivity contribution is 0.648. The number of aromatic nitrogens is 6. The third kappa shape index (κ3) is 2.95. The van der Waals surface area contributed by atoms with Crippen LogP contribution in [0.15, 0.2) is 66.0 Å². The van der Waals surface area contributed by atoms with Crippen LogP contribution in [0.5, 0.6) is 0 Å². The molecule has 8 heteroatoms. The van der Waals surface area contributed by atoms with Crippen LogP contribution in [-0.2, 0) is 13.0 Å². The van der Waals surface area contributed by atoms with Gasteiger partial charge in [-0.15, -0.1) is 11.3 Å². The molecule has 0 atom stereocenters. The van der Waals surface area contributed by atoms with Crippen molar-refractivity contribution in [1.82, 2.24) is 29.4 Å². The Bertz CT molecular complexity index is 1620. The molecule has 5 heterocycles. The highest BCUT2D eigenvalue weighted by Gasteiger charge is 2.17. The first-order valence-corrected chi connectivity index (χ1v) is 10.8. The molecule has 0 aliphatic carbocycles. The minimum Gasteiger partial charge on any atom is -0.310 e. The third-order valence-corrected chi connectivity index (χ3v) is 6.76. The van der Waals surface area contributed by atoms with Gasteiger partial charge in [-0.1, -0.05) is 12.1 Å². The van der Waals surface area contributed by atoms with Crippen LogP contribution < -0.4 is 5.56 Å². The standard InChI is InChI=1S/C23H18N6OS/c1-14-21-19(23-28(14)13-18(31-23)9-17-4-2-3-7-24-17)11-26-29(22(21)30)12-15-5-6-20-16(8-15)10-25-27-20/h2-8,10-11,13H,9,12H2,1H3,(H,25,27). The number of thiazole rings is 1. The van der Waals surface area contributed by atoms with Crippen molar-refractivity contribution in [3.8, 4) is 0 Å². The van der Waals surface area contributed by atoms with Gasteiger partial charge in [-0.3, -0.25) is 14.9 Å². The summed E-state index contributed by atoms with van der Waals surface area (Å²) in [6.45, 7) is 2.42. The van der Waals surface area contributed by atoms with Gasteiger partial charge < -0.3 is 4.40 Å². The topological polar surface area (TPSA) is 80.9 Å². The Kier molecular flexibility index (Phi) is 4.00. The Morgan fingerprint density at radius 2 is 2.10 bits per heavy atom. The van der Waals surface area contributed by atoms with Crippen LogP contribution >= 0.6 is 11.3 Å². The van der Waals surface area contributed by atoms with Gasteiger partial charge in [-0.25, -0.2) is 4.68 Å². The largest absolute Gasteiger partial charge is 0.310 e. The molecule has 0 amide bonds. The van der Waals surface area contributed by atoms with E-state index in [1.54, 1.807) is 17.5 Å². The van der Waals surface area contributed by atoms with E-state index in [0.29, 0.717) is 6.54 Å². The first-order valence-electron chi connectivity index (χ1n) is 9.98. The van der Waals surface area contributed by atoms with E-state index in [2.05, 4.69) is 30.9 Å². The average Bonchev–Trinajstić information content (AvgIpc) is 3.47. The number of benzene rings is 1. The Labute approximate surface area is 180 Å². The zero-order valence-corrected chi connectivity index (χ0v) is 17.6. The molecule has 0 radical (unpaired) electrons. The number of pyridine rings is 1. The van der Waals surface area contributed by atoms with E-state index in [1.807, 2.05) is 55.7 Å². The molecule has 5 aromatic heterocycles. The molecule has 1 aromatic carbocycles. The second-order valence-electron chi connectivity index (χ2n) is 7.64. The molecule has 31 heavy (non-hydrogen) atoms. The molecule has 7 nitrogen and oxygen atoms in total. The average molecular weight is 427 g/mol. The Balaban J connectivity index is 1.40. The van der Waals surface area contributed by atoms with Gasteiger partial charge in [0.1, 0.15) is 4.83 Å². The van der Waals surface area contributed by atoms with Crippen molar-refractivity contribution >= 4 is 37.8 Å². The smallest absolute Gasteiger partial charge is 0.276 e. The minimum absolute atomic E-state index is 0.0653. The fourth-order valence-electron chi connectivity index (χ4n) is 4.10. The maximum Gasteiger partial charge on any atom is 0.276 e. The molecule has 0 saturated carbocycles. The normalized spacial score (nSPS) is 11.8. The molecule has 0 saturated heterocycles. The molecule has 6 aromatic rings. The zero-order valence-electron chi connectivity index (χ0n) is 16.7. The molecule has 0 bridgehead atoms. The van der Waals surface area contributed by atoms with Crippen LogP contribution in [0.3, 0.4) is 0 Å². The first-order chi connectivity index (χ1) is 15.2. The Morgan fingerprint density at radius 1 is 1.16 bits per heavy atom. The van der Waals surface area contributed by atoms with Gasteiger partial charge in [-0.2, -0.15) is 10.2 Å². The molecule has 0 unspecified atom stereocenters. The molecule has 0 aliphatic rings. The summed E-state index contributed by atoms with van der Waals surface area (Å²) in [5.74, 6) is 0. The third-order valence-electron chi connectivity index (χ3n) is 5.64. The number of hydrogen-bond donors (Lipinski definition) is 1. The fraction of sp³-hybridized carbons (Fsp3) is 0.130.